The van der Waals surface area contributed by atoms with Gasteiger partial charge >= 0.3 is 12.2 Å². The summed E-state index contributed by atoms with van der Waals surface area (Å²) < 4.78 is 38.2. The second-order valence-corrected chi connectivity index (χ2v) is 6.24. The van der Waals surface area contributed by atoms with E-state index < -0.39 is 42.2 Å². The smallest absolute Gasteiger partial charge is 0.325 e. The van der Waals surface area contributed by atoms with Crippen LogP contribution in [0.4, 0.5) is 23.7 Å². The van der Waals surface area contributed by atoms with Gasteiger partial charge in [-0.3, -0.25) is 14.5 Å². The van der Waals surface area contributed by atoms with Crippen molar-refractivity contribution in [1.29, 1.82) is 0 Å². The van der Waals surface area contributed by atoms with Crippen molar-refractivity contribution in [3.05, 3.63) is 65.7 Å². The van der Waals surface area contributed by atoms with Crippen LogP contribution < -0.4 is 10.6 Å². The molecule has 28 heavy (non-hydrogen) atoms. The number of benzene rings is 2. The van der Waals surface area contributed by atoms with Gasteiger partial charge in [-0.1, -0.05) is 36.4 Å². The van der Waals surface area contributed by atoms with Gasteiger partial charge in [0.05, 0.1) is 5.56 Å². The summed E-state index contributed by atoms with van der Waals surface area (Å²) in [5.41, 5.74) is -0.146. The van der Waals surface area contributed by atoms with Crippen molar-refractivity contribution in [2.45, 2.75) is 18.6 Å². The van der Waals surface area contributed by atoms with Crippen molar-refractivity contribution < 1.29 is 27.6 Å². The average molecular weight is 391 g/mol. The van der Waals surface area contributed by atoms with Crippen LogP contribution >= 0.6 is 0 Å². The molecule has 0 saturated carbocycles. The lowest BCUT2D eigenvalue weighted by Gasteiger charge is -2.14. The minimum absolute atomic E-state index is 0.0762. The van der Waals surface area contributed by atoms with Crippen molar-refractivity contribution in [3.63, 3.8) is 0 Å². The lowest BCUT2D eigenvalue weighted by atomic mass is 10.1. The fourth-order valence-electron chi connectivity index (χ4n) is 2.83. The van der Waals surface area contributed by atoms with E-state index in [1.807, 2.05) is 18.2 Å². The first kappa shape index (κ1) is 19.4. The molecule has 0 aliphatic carbocycles. The first-order chi connectivity index (χ1) is 13.2. The maximum absolute atomic E-state index is 12.7. The number of imide groups is 1. The first-order valence-electron chi connectivity index (χ1n) is 8.37. The Morgan fingerprint density at radius 2 is 1.79 bits per heavy atom. The van der Waals surface area contributed by atoms with Crippen LogP contribution in [-0.2, 0) is 22.2 Å². The van der Waals surface area contributed by atoms with Crippen molar-refractivity contribution in [2.75, 3.05) is 11.9 Å². The molecule has 2 N–H and O–H groups in total. The summed E-state index contributed by atoms with van der Waals surface area (Å²) in [6.45, 7) is -0.591. The summed E-state index contributed by atoms with van der Waals surface area (Å²) in [4.78, 5) is 37.3. The Kier molecular flexibility index (Phi) is 5.34. The zero-order valence-electron chi connectivity index (χ0n) is 14.5. The van der Waals surface area contributed by atoms with Crippen molar-refractivity contribution in [1.82, 2.24) is 10.2 Å². The number of alkyl halides is 3. The topological polar surface area (TPSA) is 78.5 Å². The molecule has 146 valence electrons. The van der Waals surface area contributed by atoms with Crippen molar-refractivity contribution in [3.8, 4) is 0 Å². The Labute approximate surface area is 158 Å². The van der Waals surface area contributed by atoms with Gasteiger partial charge in [0.25, 0.3) is 5.91 Å². The number of amides is 4. The number of anilines is 1. The van der Waals surface area contributed by atoms with Crippen LogP contribution in [-0.4, -0.2) is 35.3 Å². The number of rotatable bonds is 5. The Bertz CT molecular complexity index is 900. The van der Waals surface area contributed by atoms with Gasteiger partial charge in [0.1, 0.15) is 12.6 Å². The minimum atomic E-state index is -4.55. The van der Waals surface area contributed by atoms with E-state index in [0.29, 0.717) is 0 Å². The molecule has 3 rings (SSSR count). The van der Waals surface area contributed by atoms with E-state index in [4.69, 9.17) is 0 Å². The quantitative estimate of drug-likeness (QED) is 0.770. The number of carbonyl (C=O) groups excluding carboxylic acids is 3. The van der Waals surface area contributed by atoms with Crippen molar-refractivity contribution in [2.24, 2.45) is 0 Å². The van der Waals surface area contributed by atoms with Gasteiger partial charge in [-0.15, -0.1) is 0 Å². The summed E-state index contributed by atoms with van der Waals surface area (Å²) in [7, 11) is 0. The molecule has 6 nitrogen and oxygen atoms in total. The largest absolute Gasteiger partial charge is 0.416 e. The highest BCUT2D eigenvalue weighted by Gasteiger charge is 2.39. The molecule has 9 heteroatoms. The molecule has 1 aliphatic rings. The Morgan fingerprint density at radius 3 is 2.46 bits per heavy atom. The average Bonchev–Trinajstić information content (AvgIpc) is 2.89. The van der Waals surface area contributed by atoms with Crippen LogP contribution in [0.5, 0.6) is 0 Å². The standard InChI is InChI=1S/C19H16F3N3O3/c20-19(21,22)13-7-4-8-14(10-13)23-16(26)11-25-17(27)15(24-18(25)28)9-12-5-2-1-3-6-12/h1-8,10,15H,9,11H2,(H,23,26)(H,24,28). The number of nitrogens with one attached hydrogen (secondary N) is 2. The fraction of sp³-hybridized carbons (Fsp3) is 0.211. The Hall–Kier alpha value is -3.36. The van der Waals surface area contributed by atoms with Crippen LogP contribution in [0.15, 0.2) is 54.6 Å². The lowest BCUT2D eigenvalue weighted by molar-refractivity contribution is -0.137. The number of hydrogen-bond acceptors (Lipinski definition) is 3. The van der Waals surface area contributed by atoms with Gasteiger partial charge in [-0.2, -0.15) is 13.2 Å². The first-order valence-corrected chi connectivity index (χ1v) is 8.37. The van der Waals surface area contributed by atoms with Crippen LogP contribution in [0.2, 0.25) is 0 Å². The summed E-state index contributed by atoms with van der Waals surface area (Å²) in [5, 5.41) is 4.78. The molecule has 4 amide bonds. The SMILES string of the molecule is O=C(CN1C(=O)NC(Cc2ccccc2)C1=O)Nc1cccc(C(F)(F)F)c1. The van der Waals surface area contributed by atoms with Crippen LogP contribution in [0.3, 0.4) is 0 Å². The normalized spacial score (nSPS) is 16.8. The molecular weight excluding hydrogens is 375 g/mol. The highest BCUT2D eigenvalue weighted by atomic mass is 19.4. The van der Waals surface area contributed by atoms with Crippen LogP contribution in [0, 0.1) is 0 Å². The molecule has 0 aromatic heterocycles. The summed E-state index contributed by atoms with van der Waals surface area (Å²) in [5.74, 6) is -1.34. The van der Waals surface area contributed by atoms with E-state index in [-0.39, 0.29) is 12.1 Å². The second-order valence-electron chi connectivity index (χ2n) is 6.24. The Morgan fingerprint density at radius 1 is 1.07 bits per heavy atom. The number of halogens is 3. The Balaban J connectivity index is 1.62. The monoisotopic (exact) mass is 391 g/mol. The minimum Gasteiger partial charge on any atom is -0.325 e. The van der Waals surface area contributed by atoms with E-state index in [0.717, 1.165) is 28.7 Å². The molecule has 1 unspecified atom stereocenters. The zero-order chi connectivity index (χ0) is 20.3. The molecule has 1 aliphatic heterocycles. The van der Waals surface area contributed by atoms with E-state index in [2.05, 4.69) is 10.6 Å². The number of nitrogens with zero attached hydrogens (tertiary/aromatic N) is 1. The maximum Gasteiger partial charge on any atom is 0.416 e. The number of carbonyl (C=O) groups is 3. The third-order valence-electron chi connectivity index (χ3n) is 4.17. The molecule has 0 radical (unpaired) electrons. The molecule has 1 atom stereocenters. The molecule has 1 fully saturated rings. The van der Waals surface area contributed by atoms with Gasteiger partial charge in [0.2, 0.25) is 5.91 Å². The summed E-state index contributed by atoms with van der Waals surface area (Å²) >= 11 is 0. The zero-order valence-corrected chi connectivity index (χ0v) is 14.5. The highest BCUT2D eigenvalue weighted by molar-refractivity contribution is 6.08. The third kappa shape index (κ3) is 4.48. The molecule has 0 spiro atoms. The number of urea groups is 1. The molecule has 2 aromatic rings. The predicted molar refractivity (Wildman–Crippen MR) is 94.3 cm³/mol. The number of hydrogen-bond donors (Lipinski definition) is 2. The van der Waals surface area contributed by atoms with Gasteiger partial charge < -0.3 is 10.6 Å². The van der Waals surface area contributed by atoms with Gasteiger partial charge in [0.15, 0.2) is 0 Å². The molecule has 0 bridgehead atoms. The third-order valence-corrected chi connectivity index (χ3v) is 4.17. The predicted octanol–water partition coefficient (Wildman–Crippen LogP) is 2.81. The van der Waals surface area contributed by atoms with Gasteiger partial charge in [-0.25, -0.2) is 4.79 Å². The van der Waals surface area contributed by atoms with Gasteiger partial charge in [0, 0.05) is 12.1 Å². The molecular formula is C19H16F3N3O3. The van der Waals surface area contributed by atoms with E-state index >= 15 is 0 Å². The van der Waals surface area contributed by atoms with Crippen LogP contribution in [0.25, 0.3) is 0 Å². The summed E-state index contributed by atoms with van der Waals surface area (Å²) in [6, 6.07) is 11.6. The van der Waals surface area contributed by atoms with E-state index in [1.54, 1.807) is 12.1 Å². The molecule has 2 aromatic carbocycles. The molecule has 1 saturated heterocycles. The van der Waals surface area contributed by atoms with Crippen molar-refractivity contribution >= 4 is 23.5 Å². The van der Waals surface area contributed by atoms with E-state index in [1.165, 1.54) is 6.07 Å². The highest BCUT2D eigenvalue weighted by Crippen LogP contribution is 2.30. The fourth-order valence-corrected chi connectivity index (χ4v) is 2.83. The maximum atomic E-state index is 12.7. The van der Waals surface area contributed by atoms with Crippen LogP contribution in [0.1, 0.15) is 11.1 Å². The molecule has 1 heterocycles. The lowest BCUT2D eigenvalue weighted by Crippen LogP contribution is -2.38. The summed E-state index contributed by atoms with van der Waals surface area (Å²) in [6.07, 6.45) is -4.27. The second kappa shape index (κ2) is 7.71. The van der Waals surface area contributed by atoms with E-state index in [9.17, 15) is 27.6 Å². The van der Waals surface area contributed by atoms with Gasteiger partial charge in [-0.05, 0) is 23.8 Å².